The van der Waals surface area contributed by atoms with Crippen LogP contribution in [0.2, 0.25) is 0 Å². The maximum absolute atomic E-state index is 12.8. The molecule has 0 radical (unpaired) electrons. The fourth-order valence-electron chi connectivity index (χ4n) is 3.43. The molecule has 0 N–H and O–H groups in total. The molecule has 0 unspecified atom stereocenters. The van der Waals surface area contributed by atoms with Gasteiger partial charge in [0, 0.05) is 12.5 Å². The summed E-state index contributed by atoms with van der Waals surface area (Å²) in [5, 5.41) is 0. The van der Waals surface area contributed by atoms with Gasteiger partial charge in [-0.15, -0.1) is 0 Å². The van der Waals surface area contributed by atoms with E-state index in [0.29, 0.717) is 12.0 Å². The van der Waals surface area contributed by atoms with Gasteiger partial charge in [0.1, 0.15) is 5.69 Å². The summed E-state index contributed by atoms with van der Waals surface area (Å²) in [6.45, 7) is 4.20. The molecule has 0 bridgehead atoms. The molecular formula is C20H20F3NO2S. The number of aromatic nitrogens is 1. The first-order chi connectivity index (χ1) is 12.4. The maximum atomic E-state index is 12.8. The molecule has 0 saturated carbocycles. The Bertz CT molecular complexity index is 987. The summed E-state index contributed by atoms with van der Waals surface area (Å²) < 4.78 is 61.6. The summed E-state index contributed by atoms with van der Waals surface area (Å²) in [6.07, 6.45) is -0.583. The van der Waals surface area contributed by atoms with Crippen LogP contribution in [-0.4, -0.2) is 19.7 Å². The number of halogens is 3. The van der Waals surface area contributed by atoms with E-state index in [4.69, 9.17) is 0 Å². The SMILES string of the molecule is CC1(C)CC(c2ccc(S(C)(=O)=O)cc2)=C(c2ccc(C(F)(F)F)nc2)C1. The number of pyridine rings is 1. The topological polar surface area (TPSA) is 47.0 Å². The second-order valence-electron chi connectivity index (χ2n) is 7.70. The van der Waals surface area contributed by atoms with Crippen LogP contribution in [-0.2, 0) is 16.0 Å². The number of rotatable bonds is 3. The Hall–Kier alpha value is -2.15. The van der Waals surface area contributed by atoms with Gasteiger partial charge < -0.3 is 0 Å². The lowest BCUT2D eigenvalue weighted by Crippen LogP contribution is -2.08. The minimum absolute atomic E-state index is 0.0388. The van der Waals surface area contributed by atoms with Crippen molar-refractivity contribution in [1.29, 1.82) is 0 Å². The Balaban J connectivity index is 2.04. The molecule has 7 heteroatoms. The van der Waals surface area contributed by atoms with Crippen LogP contribution in [0.25, 0.3) is 11.1 Å². The average Bonchev–Trinajstić information content (AvgIpc) is 2.89. The van der Waals surface area contributed by atoms with E-state index in [1.165, 1.54) is 12.3 Å². The van der Waals surface area contributed by atoms with Crippen LogP contribution in [0.1, 0.15) is 43.5 Å². The van der Waals surface area contributed by atoms with E-state index in [2.05, 4.69) is 18.8 Å². The fraction of sp³-hybridized carbons (Fsp3) is 0.350. The molecule has 0 spiro atoms. The molecule has 3 nitrogen and oxygen atoms in total. The highest BCUT2D eigenvalue weighted by molar-refractivity contribution is 7.90. The van der Waals surface area contributed by atoms with E-state index >= 15 is 0 Å². The zero-order valence-electron chi connectivity index (χ0n) is 15.3. The van der Waals surface area contributed by atoms with Crippen LogP contribution in [0, 0.1) is 5.41 Å². The summed E-state index contributed by atoms with van der Waals surface area (Å²) in [7, 11) is -3.28. The molecule has 0 amide bonds. The number of hydrogen-bond acceptors (Lipinski definition) is 3. The van der Waals surface area contributed by atoms with Crippen LogP contribution in [0.3, 0.4) is 0 Å². The largest absolute Gasteiger partial charge is 0.433 e. The molecule has 0 aliphatic heterocycles. The van der Waals surface area contributed by atoms with E-state index in [-0.39, 0.29) is 10.3 Å². The second-order valence-corrected chi connectivity index (χ2v) is 9.72. The quantitative estimate of drug-likeness (QED) is 0.715. The first-order valence-electron chi connectivity index (χ1n) is 8.43. The minimum Gasteiger partial charge on any atom is -0.251 e. The van der Waals surface area contributed by atoms with E-state index in [1.807, 2.05) is 0 Å². The van der Waals surface area contributed by atoms with Crippen molar-refractivity contribution < 1.29 is 21.6 Å². The van der Waals surface area contributed by atoms with Gasteiger partial charge in [-0.2, -0.15) is 13.2 Å². The van der Waals surface area contributed by atoms with Crippen molar-refractivity contribution in [2.75, 3.05) is 6.26 Å². The minimum atomic E-state index is -4.47. The zero-order valence-corrected chi connectivity index (χ0v) is 16.1. The van der Waals surface area contributed by atoms with Gasteiger partial charge in [-0.25, -0.2) is 8.42 Å². The Labute approximate surface area is 156 Å². The molecule has 0 fully saturated rings. The zero-order chi connectivity index (χ0) is 20.0. The maximum Gasteiger partial charge on any atom is 0.433 e. The van der Waals surface area contributed by atoms with E-state index in [1.54, 1.807) is 24.3 Å². The molecule has 1 aliphatic carbocycles. The predicted molar refractivity (Wildman–Crippen MR) is 98.6 cm³/mol. The van der Waals surface area contributed by atoms with Crippen molar-refractivity contribution in [3.05, 3.63) is 59.4 Å². The fourth-order valence-corrected chi connectivity index (χ4v) is 4.06. The van der Waals surface area contributed by atoms with Crippen LogP contribution in [0.5, 0.6) is 0 Å². The summed E-state index contributed by atoms with van der Waals surface area (Å²) in [4.78, 5) is 3.82. The molecular weight excluding hydrogens is 375 g/mol. The van der Waals surface area contributed by atoms with Gasteiger partial charge in [0.15, 0.2) is 9.84 Å². The molecule has 1 aliphatic rings. The van der Waals surface area contributed by atoms with Gasteiger partial charge in [-0.05, 0) is 58.7 Å². The highest BCUT2D eigenvalue weighted by Crippen LogP contribution is 2.49. The molecule has 1 heterocycles. The number of sulfone groups is 1. The molecule has 144 valence electrons. The van der Waals surface area contributed by atoms with E-state index < -0.39 is 21.7 Å². The number of benzene rings is 1. The lowest BCUT2D eigenvalue weighted by molar-refractivity contribution is -0.141. The van der Waals surface area contributed by atoms with Crippen molar-refractivity contribution in [1.82, 2.24) is 4.98 Å². The highest BCUT2D eigenvalue weighted by Gasteiger charge is 2.34. The van der Waals surface area contributed by atoms with Gasteiger partial charge in [-0.3, -0.25) is 4.98 Å². The summed E-state index contributed by atoms with van der Waals surface area (Å²) in [5.74, 6) is 0. The van der Waals surface area contributed by atoms with Gasteiger partial charge in [0.05, 0.1) is 4.90 Å². The molecule has 3 rings (SSSR count). The number of hydrogen-bond donors (Lipinski definition) is 0. The third kappa shape index (κ3) is 4.24. The van der Waals surface area contributed by atoms with Gasteiger partial charge in [0.25, 0.3) is 0 Å². The van der Waals surface area contributed by atoms with Gasteiger partial charge >= 0.3 is 6.18 Å². The Kier molecular flexibility index (Phi) is 4.70. The second kappa shape index (κ2) is 6.48. The van der Waals surface area contributed by atoms with E-state index in [9.17, 15) is 21.6 Å². The third-order valence-corrected chi connectivity index (χ3v) is 5.84. The van der Waals surface area contributed by atoms with Gasteiger partial charge in [0.2, 0.25) is 0 Å². The number of nitrogens with zero attached hydrogens (tertiary/aromatic N) is 1. The summed E-state index contributed by atoms with van der Waals surface area (Å²) in [6, 6.07) is 9.09. The van der Waals surface area contributed by atoms with Crippen molar-refractivity contribution in [2.45, 2.75) is 37.8 Å². The Morgan fingerprint density at radius 3 is 1.89 bits per heavy atom. The van der Waals surface area contributed by atoms with Crippen molar-refractivity contribution >= 4 is 21.0 Å². The summed E-state index contributed by atoms with van der Waals surface area (Å²) >= 11 is 0. The van der Waals surface area contributed by atoms with Gasteiger partial charge in [-0.1, -0.05) is 32.0 Å². The third-order valence-electron chi connectivity index (χ3n) is 4.71. The molecule has 1 aromatic heterocycles. The lowest BCUT2D eigenvalue weighted by Gasteiger charge is -2.17. The van der Waals surface area contributed by atoms with Crippen LogP contribution in [0.4, 0.5) is 13.2 Å². The smallest absolute Gasteiger partial charge is 0.251 e. The predicted octanol–water partition coefficient (Wildman–Crippen LogP) is 5.23. The molecule has 2 aromatic rings. The van der Waals surface area contributed by atoms with E-state index in [0.717, 1.165) is 35.5 Å². The molecule has 1 aromatic carbocycles. The van der Waals surface area contributed by atoms with Crippen LogP contribution in [0.15, 0.2) is 47.5 Å². The normalized spacial score (nSPS) is 17.4. The standard InChI is InChI=1S/C20H20F3NO2S/c1-19(2)10-16(13-4-7-15(8-5-13)27(3,25)26)17(11-19)14-6-9-18(24-12-14)20(21,22)23/h4-9,12H,10-11H2,1-3H3. The van der Waals surface area contributed by atoms with Crippen molar-refractivity contribution in [3.63, 3.8) is 0 Å². The first kappa shape index (κ1) is 19.6. The average molecular weight is 395 g/mol. The summed E-state index contributed by atoms with van der Waals surface area (Å²) in [5.41, 5.74) is 2.56. The monoisotopic (exact) mass is 395 g/mol. The molecule has 27 heavy (non-hydrogen) atoms. The number of alkyl halides is 3. The van der Waals surface area contributed by atoms with Crippen LogP contribution < -0.4 is 0 Å². The first-order valence-corrected chi connectivity index (χ1v) is 10.3. The lowest BCUT2D eigenvalue weighted by atomic mass is 9.88. The molecule has 0 saturated heterocycles. The number of allylic oxidation sites excluding steroid dienone is 2. The van der Waals surface area contributed by atoms with Crippen LogP contribution >= 0.6 is 0 Å². The molecule has 0 atom stereocenters. The highest BCUT2D eigenvalue weighted by atomic mass is 32.2. The Morgan fingerprint density at radius 2 is 1.44 bits per heavy atom. The Morgan fingerprint density at radius 1 is 0.926 bits per heavy atom. The van der Waals surface area contributed by atoms with Crippen molar-refractivity contribution in [2.24, 2.45) is 5.41 Å². The van der Waals surface area contributed by atoms with Crippen molar-refractivity contribution in [3.8, 4) is 0 Å².